The molecular formula is C43H30N6. The van der Waals surface area contributed by atoms with Gasteiger partial charge in [0.1, 0.15) is 0 Å². The van der Waals surface area contributed by atoms with Crippen molar-refractivity contribution >= 4 is 0 Å². The third kappa shape index (κ3) is 6.48. The quantitative estimate of drug-likeness (QED) is 0.174. The molecule has 0 aliphatic carbocycles. The van der Waals surface area contributed by atoms with Gasteiger partial charge in [0.2, 0.25) is 0 Å². The van der Waals surface area contributed by atoms with Gasteiger partial charge in [-0.3, -0.25) is 4.98 Å². The molecule has 232 valence electrons. The van der Waals surface area contributed by atoms with Crippen LogP contribution >= 0.6 is 0 Å². The highest BCUT2D eigenvalue weighted by Crippen LogP contribution is 2.35. The van der Waals surface area contributed by atoms with Crippen molar-refractivity contribution in [3.05, 3.63) is 170 Å². The monoisotopic (exact) mass is 630 g/mol. The SMILES string of the molecule is Cc1cc(-c2ccc(-c3cc(-c4ccc(-c5ncccn5)cc4)cc(-c4nc(-c5ccccc5)nc(-c5ccccc5)n4)c3)cc2)ccn1. The lowest BCUT2D eigenvalue weighted by molar-refractivity contribution is 1.07. The van der Waals surface area contributed by atoms with Crippen LogP contribution in [0.1, 0.15) is 5.69 Å². The smallest absolute Gasteiger partial charge is 0.164 e. The first-order valence-corrected chi connectivity index (χ1v) is 16.1. The third-order valence-corrected chi connectivity index (χ3v) is 8.38. The number of nitrogens with zero attached hydrogens (tertiary/aromatic N) is 6. The first-order chi connectivity index (χ1) is 24.2. The maximum atomic E-state index is 5.04. The van der Waals surface area contributed by atoms with Gasteiger partial charge in [-0.05, 0) is 76.7 Å². The van der Waals surface area contributed by atoms with Gasteiger partial charge in [-0.25, -0.2) is 24.9 Å². The molecule has 5 aromatic carbocycles. The maximum Gasteiger partial charge on any atom is 0.164 e. The van der Waals surface area contributed by atoms with E-state index < -0.39 is 0 Å². The molecule has 0 radical (unpaired) electrons. The predicted octanol–water partition coefficient (Wildman–Crippen LogP) is 10.0. The minimum Gasteiger partial charge on any atom is -0.262 e. The summed E-state index contributed by atoms with van der Waals surface area (Å²) in [5, 5.41) is 0. The number of hydrogen-bond acceptors (Lipinski definition) is 6. The maximum absolute atomic E-state index is 5.04. The second-order valence-corrected chi connectivity index (χ2v) is 11.8. The van der Waals surface area contributed by atoms with Gasteiger partial charge in [-0.1, -0.05) is 109 Å². The second kappa shape index (κ2) is 13.2. The summed E-state index contributed by atoms with van der Waals surface area (Å²) in [6.45, 7) is 2.01. The zero-order chi connectivity index (χ0) is 33.0. The first kappa shape index (κ1) is 29.7. The van der Waals surface area contributed by atoms with Crippen LogP contribution in [0.15, 0.2) is 164 Å². The van der Waals surface area contributed by atoms with E-state index in [2.05, 4.69) is 87.7 Å². The summed E-state index contributed by atoms with van der Waals surface area (Å²) >= 11 is 0. The van der Waals surface area contributed by atoms with E-state index in [1.54, 1.807) is 12.4 Å². The van der Waals surface area contributed by atoms with Gasteiger partial charge >= 0.3 is 0 Å². The highest BCUT2D eigenvalue weighted by atomic mass is 15.0. The van der Waals surface area contributed by atoms with E-state index in [-0.39, 0.29) is 0 Å². The van der Waals surface area contributed by atoms with E-state index in [0.29, 0.717) is 23.3 Å². The molecule has 0 amide bonds. The third-order valence-electron chi connectivity index (χ3n) is 8.38. The molecule has 0 bridgehead atoms. The van der Waals surface area contributed by atoms with Crippen molar-refractivity contribution in [1.82, 2.24) is 29.9 Å². The molecule has 6 heteroatoms. The molecule has 0 N–H and O–H groups in total. The molecule has 0 unspecified atom stereocenters. The number of aryl methyl sites for hydroxylation is 1. The lowest BCUT2D eigenvalue weighted by Crippen LogP contribution is -2.00. The summed E-state index contributed by atoms with van der Waals surface area (Å²) in [4.78, 5) is 28.2. The van der Waals surface area contributed by atoms with E-state index in [9.17, 15) is 0 Å². The van der Waals surface area contributed by atoms with E-state index in [0.717, 1.165) is 61.3 Å². The normalized spacial score (nSPS) is 11.0. The molecule has 0 aliphatic heterocycles. The largest absolute Gasteiger partial charge is 0.262 e. The van der Waals surface area contributed by atoms with Crippen LogP contribution in [0.3, 0.4) is 0 Å². The lowest BCUT2D eigenvalue weighted by Gasteiger charge is -2.13. The zero-order valence-electron chi connectivity index (χ0n) is 26.8. The molecule has 6 nitrogen and oxygen atoms in total. The average molecular weight is 631 g/mol. The van der Waals surface area contributed by atoms with E-state index in [1.807, 2.05) is 85.9 Å². The Bertz CT molecular complexity index is 2300. The minimum atomic E-state index is 0.606. The highest BCUT2D eigenvalue weighted by Gasteiger charge is 2.15. The molecular weight excluding hydrogens is 601 g/mol. The van der Waals surface area contributed by atoms with Gasteiger partial charge in [0, 0.05) is 46.5 Å². The van der Waals surface area contributed by atoms with Crippen molar-refractivity contribution < 1.29 is 0 Å². The topological polar surface area (TPSA) is 77.3 Å². The van der Waals surface area contributed by atoms with E-state index >= 15 is 0 Å². The Labute approximate surface area is 285 Å². The van der Waals surface area contributed by atoms with Crippen LogP contribution in [-0.4, -0.2) is 29.9 Å². The molecule has 0 saturated carbocycles. The number of hydrogen-bond donors (Lipinski definition) is 0. The number of aromatic nitrogens is 6. The van der Waals surface area contributed by atoms with Crippen molar-refractivity contribution in [2.45, 2.75) is 6.92 Å². The molecule has 8 rings (SSSR count). The van der Waals surface area contributed by atoms with Gasteiger partial charge in [-0.2, -0.15) is 0 Å². The Balaban J connectivity index is 1.27. The second-order valence-electron chi connectivity index (χ2n) is 11.8. The van der Waals surface area contributed by atoms with Gasteiger partial charge in [0.05, 0.1) is 0 Å². The molecule has 3 aromatic heterocycles. The number of pyridine rings is 1. The molecule has 0 spiro atoms. The van der Waals surface area contributed by atoms with Crippen molar-refractivity contribution in [2.75, 3.05) is 0 Å². The Morgan fingerprint density at radius 1 is 0.286 bits per heavy atom. The summed E-state index contributed by atoms with van der Waals surface area (Å²) in [7, 11) is 0. The van der Waals surface area contributed by atoms with Gasteiger partial charge < -0.3 is 0 Å². The fraction of sp³-hybridized carbons (Fsp3) is 0.0233. The lowest BCUT2D eigenvalue weighted by atomic mass is 9.94. The van der Waals surface area contributed by atoms with Crippen LogP contribution in [0, 0.1) is 6.92 Å². The summed E-state index contributed by atoms with van der Waals surface area (Å²) in [5.41, 5.74) is 11.2. The number of benzene rings is 5. The van der Waals surface area contributed by atoms with E-state index in [1.165, 1.54) is 0 Å². The highest BCUT2D eigenvalue weighted by molar-refractivity contribution is 5.82. The summed E-state index contributed by atoms with van der Waals surface area (Å²) in [6.07, 6.45) is 5.37. The van der Waals surface area contributed by atoms with E-state index in [4.69, 9.17) is 15.0 Å². The molecule has 49 heavy (non-hydrogen) atoms. The van der Waals surface area contributed by atoms with Crippen LogP contribution in [0.2, 0.25) is 0 Å². The van der Waals surface area contributed by atoms with Gasteiger partial charge in [-0.15, -0.1) is 0 Å². The van der Waals surface area contributed by atoms with Crippen molar-refractivity contribution in [1.29, 1.82) is 0 Å². The van der Waals surface area contributed by atoms with Crippen LogP contribution in [-0.2, 0) is 0 Å². The molecule has 8 aromatic rings. The van der Waals surface area contributed by atoms with Gasteiger partial charge in [0.15, 0.2) is 23.3 Å². The summed E-state index contributed by atoms with van der Waals surface area (Å²) < 4.78 is 0. The summed E-state index contributed by atoms with van der Waals surface area (Å²) in [6, 6.07) is 49.6. The van der Waals surface area contributed by atoms with Crippen molar-refractivity contribution in [3.63, 3.8) is 0 Å². The van der Waals surface area contributed by atoms with Crippen molar-refractivity contribution in [3.8, 4) is 78.9 Å². The molecule has 0 aliphatic rings. The predicted molar refractivity (Wildman–Crippen MR) is 196 cm³/mol. The molecule has 0 saturated heterocycles. The van der Waals surface area contributed by atoms with Crippen LogP contribution in [0.4, 0.5) is 0 Å². The molecule has 0 fully saturated rings. The van der Waals surface area contributed by atoms with Crippen LogP contribution in [0.5, 0.6) is 0 Å². The first-order valence-electron chi connectivity index (χ1n) is 16.1. The average Bonchev–Trinajstić information content (AvgIpc) is 3.19. The molecule has 3 heterocycles. The van der Waals surface area contributed by atoms with Crippen LogP contribution in [0.25, 0.3) is 78.9 Å². The fourth-order valence-electron chi connectivity index (χ4n) is 5.87. The Morgan fingerprint density at radius 3 is 1.22 bits per heavy atom. The Hall–Kier alpha value is -6.66. The van der Waals surface area contributed by atoms with Crippen molar-refractivity contribution in [2.24, 2.45) is 0 Å². The molecule has 0 atom stereocenters. The summed E-state index contributed by atoms with van der Waals surface area (Å²) in [5.74, 6) is 2.55. The standard InChI is InChI=1S/C43H30N6/c1-29-25-36(21-24-44-29)30-13-15-31(16-14-30)37-26-38(32-17-19-35(20-18-32)40-45-22-8-23-46-40)28-39(27-37)43-48-41(33-9-4-2-5-10-33)47-42(49-43)34-11-6-3-7-12-34/h2-28H,1H3. The van der Waals surface area contributed by atoms with Crippen LogP contribution < -0.4 is 0 Å². The fourth-order valence-corrected chi connectivity index (χ4v) is 5.87. The number of rotatable bonds is 7. The Morgan fingerprint density at radius 2 is 0.714 bits per heavy atom. The minimum absolute atomic E-state index is 0.606. The Kier molecular flexibility index (Phi) is 8.02. The van der Waals surface area contributed by atoms with Gasteiger partial charge in [0.25, 0.3) is 0 Å². The zero-order valence-corrected chi connectivity index (χ0v) is 26.8.